The fourth-order valence-corrected chi connectivity index (χ4v) is 3.90. The van der Waals surface area contributed by atoms with Crippen molar-refractivity contribution in [3.8, 4) is 11.1 Å². The lowest BCUT2D eigenvalue weighted by Crippen LogP contribution is -2.35. The van der Waals surface area contributed by atoms with Crippen molar-refractivity contribution in [2.45, 2.75) is 25.3 Å². The molecule has 5 heterocycles. The summed E-state index contributed by atoms with van der Waals surface area (Å²) in [5.74, 6) is 0.488. The van der Waals surface area contributed by atoms with Crippen LogP contribution in [0.25, 0.3) is 22.2 Å². The number of fused-ring (bicyclic) bond motifs is 1. The number of hydrogen-bond donors (Lipinski definition) is 0. The smallest absolute Gasteiger partial charge is 0.159 e. The fourth-order valence-electron chi connectivity index (χ4n) is 3.90. The van der Waals surface area contributed by atoms with Gasteiger partial charge < -0.3 is 4.90 Å². The van der Waals surface area contributed by atoms with Gasteiger partial charge in [-0.3, -0.25) is 0 Å². The molecule has 0 bridgehead atoms. The molecule has 29 heavy (non-hydrogen) atoms. The molecule has 0 aliphatic carbocycles. The Kier molecular flexibility index (Phi) is 4.92. The Labute approximate surface area is 168 Å². The van der Waals surface area contributed by atoms with E-state index in [4.69, 9.17) is 4.98 Å². The van der Waals surface area contributed by atoms with Crippen LogP contribution in [0.3, 0.4) is 0 Å². The number of piperidine rings is 1. The van der Waals surface area contributed by atoms with Crippen molar-refractivity contribution in [2.24, 2.45) is 0 Å². The summed E-state index contributed by atoms with van der Waals surface area (Å²) in [5.41, 5.74) is 3.92. The maximum Gasteiger partial charge on any atom is 0.159 e. The number of rotatable bonds is 5. The quantitative estimate of drug-likeness (QED) is 0.521. The van der Waals surface area contributed by atoms with E-state index in [9.17, 15) is 0 Å². The molecule has 1 aliphatic rings. The molecular weight excluding hydrogens is 364 g/mol. The Morgan fingerprint density at radius 2 is 1.69 bits per heavy atom. The maximum atomic E-state index is 4.86. The van der Waals surface area contributed by atoms with E-state index in [0.717, 1.165) is 66.9 Å². The first-order valence-electron chi connectivity index (χ1n) is 9.94. The lowest BCUT2D eigenvalue weighted by Gasteiger charge is -2.31. The molecule has 0 amide bonds. The van der Waals surface area contributed by atoms with E-state index >= 15 is 0 Å². The summed E-state index contributed by atoms with van der Waals surface area (Å²) < 4.78 is 0. The second kappa shape index (κ2) is 8.00. The van der Waals surface area contributed by atoms with Gasteiger partial charge in [0.2, 0.25) is 0 Å². The highest BCUT2D eigenvalue weighted by Gasteiger charge is 2.22. The highest BCUT2D eigenvalue weighted by atomic mass is 15.5. The Morgan fingerprint density at radius 1 is 0.897 bits per heavy atom. The number of nitrogens with zero attached hydrogens (tertiary/aromatic N) is 8. The molecule has 1 fully saturated rings. The van der Waals surface area contributed by atoms with Crippen molar-refractivity contribution < 1.29 is 0 Å². The molecule has 146 valence electrons. The molecule has 8 heteroatoms. The molecule has 1 saturated heterocycles. The number of pyridine rings is 2. The van der Waals surface area contributed by atoms with Gasteiger partial charge in [-0.15, -0.1) is 0 Å². The molecule has 5 rings (SSSR count). The third-order valence-corrected chi connectivity index (χ3v) is 5.55. The van der Waals surface area contributed by atoms with Crippen LogP contribution in [0.15, 0.2) is 55.5 Å². The summed E-state index contributed by atoms with van der Waals surface area (Å²) in [4.78, 5) is 21.8. The van der Waals surface area contributed by atoms with Crippen LogP contribution < -0.4 is 0 Å². The minimum Gasteiger partial charge on any atom is -0.301 e. The molecule has 0 spiro atoms. The van der Waals surface area contributed by atoms with Gasteiger partial charge in [0, 0.05) is 53.3 Å². The van der Waals surface area contributed by atoms with Crippen LogP contribution in [0.5, 0.6) is 0 Å². The second-order valence-corrected chi connectivity index (χ2v) is 7.37. The van der Waals surface area contributed by atoms with Gasteiger partial charge in [-0.25, -0.2) is 19.9 Å². The van der Waals surface area contributed by atoms with Crippen LogP contribution in [-0.4, -0.2) is 59.5 Å². The third-order valence-electron chi connectivity index (χ3n) is 5.55. The Bertz CT molecular complexity index is 1070. The van der Waals surface area contributed by atoms with Crippen LogP contribution in [0.2, 0.25) is 0 Å². The maximum absolute atomic E-state index is 4.86. The van der Waals surface area contributed by atoms with Crippen molar-refractivity contribution >= 4 is 11.0 Å². The highest BCUT2D eigenvalue weighted by molar-refractivity contribution is 5.80. The average Bonchev–Trinajstić information content (AvgIpc) is 3.32. The van der Waals surface area contributed by atoms with Crippen molar-refractivity contribution in [2.75, 3.05) is 19.6 Å². The summed E-state index contributed by atoms with van der Waals surface area (Å²) in [7, 11) is 0. The molecule has 0 radical (unpaired) electrons. The Hall–Kier alpha value is -3.26. The van der Waals surface area contributed by atoms with Gasteiger partial charge in [0.25, 0.3) is 0 Å². The van der Waals surface area contributed by atoms with Gasteiger partial charge in [-0.1, -0.05) is 0 Å². The van der Waals surface area contributed by atoms with Crippen molar-refractivity contribution in [3.05, 3.63) is 61.2 Å². The zero-order valence-corrected chi connectivity index (χ0v) is 16.1. The summed E-state index contributed by atoms with van der Waals surface area (Å²) >= 11 is 0. The topological polar surface area (TPSA) is 85.5 Å². The molecule has 0 N–H and O–H groups in total. The van der Waals surface area contributed by atoms with E-state index in [2.05, 4.69) is 48.2 Å². The van der Waals surface area contributed by atoms with Crippen LogP contribution in [-0.2, 0) is 6.54 Å². The third kappa shape index (κ3) is 3.97. The van der Waals surface area contributed by atoms with E-state index in [1.165, 1.54) is 6.33 Å². The van der Waals surface area contributed by atoms with E-state index in [1.54, 1.807) is 29.6 Å². The van der Waals surface area contributed by atoms with E-state index in [0.29, 0.717) is 5.92 Å². The summed E-state index contributed by atoms with van der Waals surface area (Å²) in [6.45, 7) is 3.97. The first-order chi connectivity index (χ1) is 14.3. The molecule has 1 aliphatic heterocycles. The minimum absolute atomic E-state index is 0.488. The summed E-state index contributed by atoms with van der Waals surface area (Å²) in [5, 5.41) is 9.39. The first kappa shape index (κ1) is 17.8. The molecular formula is C21H22N8. The van der Waals surface area contributed by atoms with Crippen molar-refractivity contribution in [1.29, 1.82) is 0 Å². The fraction of sp³-hybridized carbons (Fsp3) is 0.333. The second-order valence-electron chi connectivity index (χ2n) is 7.37. The zero-order chi connectivity index (χ0) is 19.5. The number of hydrogen-bond acceptors (Lipinski definition) is 7. The van der Waals surface area contributed by atoms with E-state index < -0.39 is 0 Å². The average molecular weight is 386 g/mol. The highest BCUT2D eigenvalue weighted by Crippen LogP contribution is 2.28. The predicted octanol–water partition coefficient (Wildman–Crippen LogP) is 2.56. The molecule has 0 unspecified atom stereocenters. The van der Waals surface area contributed by atoms with E-state index in [1.807, 2.05) is 6.20 Å². The van der Waals surface area contributed by atoms with Crippen LogP contribution in [0.4, 0.5) is 0 Å². The van der Waals surface area contributed by atoms with Gasteiger partial charge in [0.1, 0.15) is 6.33 Å². The molecule has 4 aromatic rings. The Balaban J connectivity index is 1.25. The molecule has 0 atom stereocenters. The van der Waals surface area contributed by atoms with Gasteiger partial charge in [-0.05, 0) is 44.1 Å². The standard InChI is InChI=1S/C21H22N8/c1-2-20(16-3-7-28(8-4-16)9-10-29-25-5-6-26-29)27-21-17(1)11-18(14-24-21)19-12-22-15-23-13-19/h1-2,5-6,11-16H,3-4,7-10H2. The van der Waals surface area contributed by atoms with Crippen LogP contribution in [0.1, 0.15) is 24.5 Å². The molecule has 4 aromatic heterocycles. The van der Waals surface area contributed by atoms with Gasteiger partial charge in [-0.2, -0.15) is 15.0 Å². The first-order valence-corrected chi connectivity index (χ1v) is 9.94. The predicted molar refractivity (Wildman–Crippen MR) is 109 cm³/mol. The lowest BCUT2D eigenvalue weighted by atomic mass is 9.93. The van der Waals surface area contributed by atoms with Gasteiger partial charge in [0.15, 0.2) is 5.65 Å². The normalized spacial score (nSPS) is 15.7. The largest absolute Gasteiger partial charge is 0.301 e. The summed E-state index contributed by atoms with van der Waals surface area (Å²) in [6, 6.07) is 6.39. The minimum atomic E-state index is 0.488. The molecule has 8 nitrogen and oxygen atoms in total. The van der Waals surface area contributed by atoms with Crippen LogP contribution >= 0.6 is 0 Å². The van der Waals surface area contributed by atoms with Gasteiger partial charge in [0.05, 0.1) is 18.9 Å². The van der Waals surface area contributed by atoms with Crippen LogP contribution in [0, 0.1) is 0 Å². The van der Waals surface area contributed by atoms with Crippen molar-refractivity contribution in [1.82, 2.24) is 39.8 Å². The SMILES string of the molecule is c1ncc(-c2cnc3nc(C4CCN(CCn5nccn5)CC4)ccc3c2)cn1. The monoisotopic (exact) mass is 386 g/mol. The van der Waals surface area contributed by atoms with E-state index in [-0.39, 0.29) is 0 Å². The summed E-state index contributed by atoms with van der Waals surface area (Å²) in [6.07, 6.45) is 12.7. The van der Waals surface area contributed by atoms with Crippen molar-refractivity contribution in [3.63, 3.8) is 0 Å². The number of aromatic nitrogens is 7. The zero-order valence-electron chi connectivity index (χ0n) is 16.1. The molecule has 0 saturated carbocycles. The lowest BCUT2D eigenvalue weighted by molar-refractivity contribution is 0.198. The number of likely N-dealkylation sites (tertiary alicyclic amines) is 1. The Morgan fingerprint density at radius 3 is 2.48 bits per heavy atom. The van der Waals surface area contributed by atoms with Gasteiger partial charge >= 0.3 is 0 Å². The molecule has 0 aromatic carbocycles.